The first-order chi connectivity index (χ1) is 9.74. The first-order valence-electron chi connectivity index (χ1n) is 7.07. The lowest BCUT2D eigenvalue weighted by Crippen LogP contribution is -2.42. The van der Waals surface area contributed by atoms with Gasteiger partial charge in [-0.1, -0.05) is 51.4 Å². The monoisotopic (exact) mass is 310 g/mol. The molecule has 0 radical (unpaired) electrons. The maximum Gasteiger partial charge on any atom is 0.239 e. The summed E-state index contributed by atoms with van der Waals surface area (Å²) in [5.74, 6) is -0.341. The molecule has 0 saturated carbocycles. The van der Waals surface area contributed by atoms with Crippen molar-refractivity contribution in [3.05, 3.63) is 34.9 Å². The first-order valence-corrected chi connectivity index (χ1v) is 7.45. The molecule has 1 aromatic carbocycles. The Bertz CT molecular complexity index is 492. The maximum atomic E-state index is 11.9. The van der Waals surface area contributed by atoms with Gasteiger partial charge >= 0.3 is 0 Å². The summed E-state index contributed by atoms with van der Waals surface area (Å²) in [6.07, 6.45) is 0.764. The van der Waals surface area contributed by atoms with E-state index in [0.717, 1.165) is 12.0 Å². The van der Waals surface area contributed by atoms with Gasteiger partial charge < -0.3 is 10.6 Å². The Hall–Kier alpha value is -1.55. The zero-order valence-electron chi connectivity index (χ0n) is 13.0. The highest BCUT2D eigenvalue weighted by Crippen LogP contribution is 2.19. The average Bonchev–Trinajstić information content (AvgIpc) is 2.42. The average molecular weight is 311 g/mol. The molecule has 1 unspecified atom stereocenters. The minimum Gasteiger partial charge on any atom is -0.348 e. The van der Waals surface area contributed by atoms with E-state index in [2.05, 4.69) is 10.6 Å². The summed E-state index contributed by atoms with van der Waals surface area (Å²) < 4.78 is 0. The summed E-state index contributed by atoms with van der Waals surface area (Å²) in [5.41, 5.74) is 0.498. The topological polar surface area (TPSA) is 58.2 Å². The third-order valence-corrected chi connectivity index (χ3v) is 3.36. The normalized spacial score (nSPS) is 12.6. The van der Waals surface area contributed by atoms with E-state index in [0.29, 0.717) is 5.02 Å². The highest BCUT2D eigenvalue weighted by Gasteiger charge is 2.22. The van der Waals surface area contributed by atoms with Crippen LogP contribution in [0, 0.1) is 5.41 Å². The fourth-order valence-corrected chi connectivity index (χ4v) is 1.91. The van der Waals surface area contributed by atoms with Crippen LogP contribution in [0.5, 0.6) is 0 Å². The smallest absolute Gasteiger partial charge is 0.239 e. The molecule has 0 aliphatic carbocycles. The molecule has 0 bridgehead atoms. The van der Waals surface area contributed by atoms with Crippen LogP contribution in [0.4, 0.5) is 0 Å². The molecule has 4 nitrogen and oxygen atoms in total. The molecule has 1 aromatic rings. The van der Waals surface area contributed by atoms with E-state index in [9.17, 15) is 9.59 Å². The number of rotatable bonds is 5. The number of halogens is 1. The van der Waals surface area contributed by atoms with Crippen molar-refractivity contribution in [1.29, 1.82) is 0 Å². The molecule has 0 fully saturated rings. The zero-order chi connectivity index (χ0) is 16.0. The van der Waals surface area contributed by atoms with Gasteiger partial charge in [0.1, 0.15) is 0 Å². The van der Waals surface area contributed by atoms with Crippen molar-refractivity contribution < 1.29 is 9.59 Å². The molecular weight excluding hydrogens is 288 g/mol. The minimum atomic E-state index is -0.499. The van der Waals surface area contributed by atoms with Gasteiger partial charge in [-0.3, -0.25) is 9.59 Å². The summed E-state index contributed by atoms with van der Waals surface area (Å²) in [7, 11) is 0. The van der Waals surface area contributed by atoms with Crippen LogP contribution in [0.15, 0.2) is 24.3 Å². The number of carbonyl (C=O) groups is 2. The molecule has 21 heavy (non-hydrogen) atoms. The predicted molar refractivity (Wildman–Crippen MR) is 85.1 cm³/mol. The number of benzene rings is 1. The number of amides is 2. The van der Waals surface area contributed by atoms with Gasteiger partial charge in [-0.2, -0.15) is 0 Å². The van der Waals surface area contributed by atoms with Gasteiger partial charge in [0.15, 0.2) is 0 Å². The van der Waals surface area contributed by atoms with Crippen LogP contribution >= 0.6 is 11.6 Å². The standard InChI is InChI=1S/C16H23ClN2O2/c1-5-13(11-6-8-12(17)9-7-11)19-14(20)10-18-15(21)16(2,3)4/h6-9,13H,5,10H2,1-4H3,(H,18,21)(H,19,20). The molecule has 0 aliphatic heterocycles. The lowest BCUT2D eigenvalue weighted by Gasteiger charge is -2.20. The Balaban J connectivity index is 2.56. The highest BCUT2D eigenvalue weighted by molar-refractivity contribution is 6.30. The fourth-order valence-electron chi connectivity index (χ4n) is 1.79. The predicted octanol–water partition coefficient (Wildman–Crippen LogP) is 3.07. The Morgan fingerprint density at radius 3 is 2.24 bits per heavy atom. The van der Waals surface area contributed by atoms with Crippen molar-refractivity contribution >= 4 is 23.4 Å². The quantitative estimate of drug-likeness (QED) is 0.878. The SMILES string of the molecule is CCC(NC(=O)CNC(=O)C(C)(C)C)c1ccc(Cl)cc1. The van der Waals surface area contributed by atoms with E-state index in [4.69, 9.17) is 11.6 Å². The molecule has 0 saturated heterocycles. The number of carbonyl (C=O) groups excluding carboxylic acids is 2. The Morgan fingerprint density at radius 2 is 1.76 bits per heavy atom. The van der Waals surface area contributed by atoms with Crippen LogP contribution in [0.25, 0.3) is 0 Å². The van der Waals surface area contributed by atoms with Crippen LogP contribution in [0.1, 0.15) is 45.7 Å². The molecule has 0 spiro atoms. The van der Waals surface area contributed by atoms with E-state index in [1.807, 2.05) is 39.8 Å². The summed E-state index contributed by atoms with van der Waals surface area (Å²) in [4.78, 5) is 23.7. The van der Waals surface area contributed by atoms with Crippen LogP contribution in [0.2, 0.25) is 5.02 Å². The lowest BCUT2D eigenvalue weighted by atomic mass is 9.96. The van der Waals surface area contributed by atoms with Gasteiger partial charge in [-0.15, -0.1) is 0 Å². The van der Waals surface area contributed by atoms with Gasteiger partial charge in [-0.25, -0.2) is 0 Å². The molecule has 5 heteroatoms. The second kappa shape index (κ2) is 7.46. The maximum absolute atomic E-state index is 11.9. The van der Waals surface area contributed by atoms with Gasteiger partial charge in [0.25, 0.3) is 0 Å². The van der Waals surface area contributed by atoms with E-state index >= 15 is 0 Å². The van der Waals surface area contributed by atoms with E-state index in [-0.39, 0.29) is 24.4 Å². The van der Waals surface area contributed by atoms with E-state index in [1.165, 1.54) is 0 Å². The van der Waals surface area contributed by atoms with Crippen molar-refractivity contribution in [2.75, 3.05) is 6.54 Å². The van der Waals surface area contributed by atoms with Crippen LogP contribution < -0.4 is 10.6 Å². The molecule has 0 aliphatic rings. The summed E-state index contributed by atoms with van der Waals surface area (Å²) in [5, 5.41) is 6.22. The van der Waals surface area contributed by atoms with Crippen molar-refractivity contribution in [2.24, 2.45) is 5.41 Å². The second-order valence-corrected chi connectivity index (χ2v) is 6.45. The summed E-state index contributed by atoms with van der Waals surface area (Å²) >= 11 is 5.86. The van der Waals surface area contributed by atoms with Crippen molar-refractivity contribution in [1.82, 2.24) is 10.6 Å². The van der Waals surface area contributed by atoms with Gasteiger partial charge in [0, 0.05) is 10.4 Å². The van der Waals surface area contributed by atoms with Gasteiger partial charge in [0.2, 0.25) is 11.8 Å². The van der Waals surface area contributed by atoms with Crippen LogP contribution in [0.3, 0.4) is 0 Å². The Morgan fingerprint density at radius 1 is 1.19 bits per heavy atom. The van der Waals surface area contributed by atoms with Crippen LogP contribution in [-0.2, 0) is 9.59 Å². The van der Waals surface area contributed by atoms with Gasteiger partial charge in [-0.05, 0) is 24.1 Å². The Kier molecular flexibility index (Phi) is 6.21. The number of nitrogens with one attached hydrogen (secondary N) is 2. The lowest BCUT2D eigenvalue weighted by molar-refractivity contribution is -0.131. The third-order valence-electron chi connectivity index (χ3n) is 3.11. The molecule has 2 N–H and O–H groups in total. The first kappa shape index (κ1) is 17.5. The fraction of sp³-hybridized carbons (Fsp3) is 0.500. The zero-order valence-corrected chi connectivity index (χ0v) is 13.8. The summed E-state index contributed by atoms with van der Waals surface area (Å²) in [6.45, 7) is 7.40. The van der Waals surface area contributed by atoms with E-state index in [1.54, 1.807) is 12.1 Å². The summed E-state index contributed by atoms with van der Waals surface area (Å²) in [6, 6.07) is 7.30. The van der Waals surface area contributed by atoms with Gasteiger partial charge in [0.05, 0.1) is 12.6 Å². The molecule has 2 amide bonds. The second-order valence-electron chi connectivity index (χ2n) is 6.01. The minimum absolute atomic E-state index is 0.0137. The van der Waals surface area contributed by atoms with E-state index < -0.39 is 5.41 Å². The third kappa shape index (κ3) is 5.76. The molecule has 0 heterocycles. The number of hydrogen-bond donors (Lipinski definition) is 2. The van der Waals surface area contributed by atoms with Crippen molar-refractivity contribution in [2.45, 2.75) is 40.2 Å². The number of hydrogen-bond acceptors (Lipinski definition) is 2. The molecule has 1 atom stereocenters. The van der Waals surface area contributed by atoms with Crippen molar-refractivity contribution in [3.63, 3.8) is 0 Å². The molecule has 0 aromatic heterocycles. The molecule has 116 valence electrons. The largest absolute Gasteiger partial charge is 0.348 e. The molecule has 1 rings (SSSR count). The highest BCUT2D eigenvalue weighted by atomic mass is 35.5. The molecular formula is C16H23ClN2O2. The Labute approximate surface area is 131 Å². The van der Waals surface area contributed by atoms with Crippen molar-refractivity contribution in [3.8, 4) is 0 Å². The van der Waals surface area contributed by atoms with Crippen LogP contribution in [-0.4, -0.2) is 18.4 Å².